The third kappa shape index (κ3) is 4.14. The monoisotopic (exact) mass is 341 g/mol. The summed E-state index contributed by atoms with van der Waals surface area (Å²) < 4.78 is 7.00. The fourth-order valence-electron chi connectivity index (χ4n) is 3.05. The topological polar surface area (TPSA) is 64.4 Å². The molecule has 0 bridgehead atoms. The van der Waals surface area contributed by atoms with Gasteiger partial charge in [0, 0.05) is 19.2 Å². The molecule has 3 rings (SSSR count). The Morgan fingerprint density at radius 2 is 1.76 bits per heavy atom. The van der Waals surface area contributed by atoms with Crippen LogP contribution in [-0.4, -0.2) is 45.9 Å². The van der Waals surface area contributed by atoms with Crippen molar-refractivity contribution in [3.05, 3.63) is 63.6 Å². The molecule has 1 saturated heterocycles. The number of hydrogen-bond acceptors (Lipinski definition) is 4. The summed E-state index contributed by atoms with van der Waals surface area (Å²) >= 11 is 0. The third-order valence-corrected chi connectivity index (χ3v) is 4.25. The number of aromatic nitrogens is 2. The molecular formula is C19H23N3O3. The summed E-state index contributed by atoms with van der Waals surface area (Å²) in [7, 11) is 0. The van der Waals surface area contributed by atoms with E-state index in [1.807, 2.05) is 45.0 Å². The average Bonchev–Trinajstić information content (AvgIpc) is 2.57. The maximum atomic E-state index is 12.7. The van der Waals surface area contributed by atoms with Gasteiger partial charge >= 0.3 is 0 Å². The van der Waals surface area contributed by atoms with E-state index in [0.29, 0.717) is 19.6 Å². The summed E-state index contributed by atoms with van der Waals surface area (Å²) in [4.78, 5) is 26.6. The Balaban J connectivity index is 1.82. The molecule has 0 spiro atoms. The minimum atomic E-state index is -0.221. The second kappa shape index (κ2) is 7.19. The van der Waals surface area contributed by atoms with Crippen molar-refractivity contribution in [1.29, 1.82) is 0 Å². The molecule has 0 aliphatic carbocycles. The molecule has 1 aromatic heterocycles. The van der Waals surface area contributed by atoms with Gasteiger partial charge in [0.2, 0.25) is 0 Å². The predicted molar refractivity (Wildman–Crippen MR) is 94.7 cm³/mol. The first-order chi connectivity index (χ1) is 11.9. The van der Waals surface area contributed by atoms with Crippen LogP contribution >= 0.6 is 0 Å². The first-order valence-corrected chi connectivity index (χ1v) is 8.51. The predicted octanol–water partition coefficient (Wildman–Crippen LogP) is 1.85. The summed E-state index contributed by atoms with van der Waals surface area (Å²) in [5.74, 6) is -0.167. The van der Waals surface area contributed by atoms with Gasteiger partial charge in [0.25, 0.3) is 11.5 Å². The number of carbonyl (C=O) groups is 1. The van der Waals surface area contributed by atoms with Gasteiger partial charge in [0.05, 0.1) is 18.8 Å². The molecule has 6 nitrogen and oxygen atoms in total. The molecule has 1 fully saturated rings. The molecule has 6 heteroatoms. The molecule has 2 atom stereocenters. The summed E-state index contributed by atoms with van der Waals surface area (Å²) in [5.41, 5.74) is 2.19. The number of nitrogens with zero attached hydrogens (tertiary/aromatic N) is 3. The average molecular weight is 341 g/mol. The van der Waals surface area contributed by atoms with Gasteiger partial charge < -0.3 is 9.64 Å². The molecule has 2 aromatic rings. The second-order valence-corrected chi connectivity index (χ2v) is 6.67. The summed E-state index contributed by atoms with van der Waals surface area (Å²) in [6.45, 7) is 7.31. The highest BCUT2D eigenvalue weighted by Crippen LogP contribution is 2.13. The molecule has 1 aromatic carbocycles. The van der Waals surface area contributed by atoms with Gasteiger partial charge in [-0.2, -0.15) is 5.10 Å². The lowest BCUT2D eigenvalue weighted by Gasteiger charge is -2.35. The van der Waals surface area contributed by atoms with E-state index in [9.17, 15) is 9.59 Å². The standard InChI is InChI=1S/C19H23N3O3/c1-13-4-6-16(7-5-13)12-22-18(23)9-8-17(20-22)19(24)21-10-14(2)25-15(3)11-21/h4-9,14-15H,10-12H2,1-3H3. The lowest BCUT2D eigenvalue weighted by atomic mass is 10.1. The molecular weight excluding hydrogens is 318 g/mol. The normalized spacial score (nSPS) is 20.5. The largest absolute Gasteiger partial charge is 0.372 e. The number of amides is 1. The summed E-state index contributed by atoms with van der Waals surface area (Å²) in [6, 6.07) is 10.8. The van der Waals surface area contributed by atoms with E-state index in [2.05, 4.69) is 5.10 Å². The van der Waals surface area contributed by atoms with Gasteiger partial charge in [0.1, 0.15) is 5.69 Å². The van der Waals surface area contributed by atoms with Gasteiger partial charge in [-0.15, -0.1) is 0 Å². The van der Waals surface area contributed by atoms with Crippen molar-refractivity contribution in [3.63, 3.8) is 0 Å². The van der Waals surface area contributed by atoms with Crippen molar-refractivity contribution >= 4 is 5.91 Å². The second-order valence-electron chi connectivity index (χ2n) is 6.67. The maximum Gasteiger partial charge on any atom is 0.274 e. The van der Waals surface area contributed by atoms with Crippen LogP contribution in [0.15, 0.2) is 41.2 Å². The van der Waals surface area contributed by atoms with E-state index in [-0.39, 0.29) is 29.4 Å². The van der Waals surface area contributed by atoms with Gasteiger partial charge in [-0.3, -0.25) is 9.59 Å². The van der Waals surface area contributed by atoms with Crippen LogP contribution in [0.5, 0.6) is 0 Å². The molecule has 0 saturated carbocycles. The molecule has 2 heterocycles. The highest BCUT2D eigenvalue weighted by Gasteiger charge is 2.27. The van der Waals surface area contributed by atoms with Crippen molar-refractivity contribution in [2.75, 3.05) is 13.1 Å². The van der Waals surface area contributed by atoms with Gasteiger partial charge in [-0.05, 0) is 32.4 Å². The number of aryl methyl sites for hydroxylation is 1. The van der Waals surface area contributed by atoms with E-state index in [1.54, 1.807) is 4.90 Å². The molecule has 132 valence electrons. The van der Waals surface area contributed by atoms with Crippen molar-refractivity contribution < 1.29 is 9.53 Å². The van der Waals surface area contributed by atoms with Crippen molar-refractivity contribution in [2.45, 2.75) is 39.5 Å². The van der Waals surface area contributed by atoms with Crippen LogP contribution in [0.25, 0.3) is 0 Å². The fraction of sp³-hybridized carbons (Fsp3) is 0.421. The maximum absolute atomic E-state index is 12.7. The van der Waals surface area contributed by atoms with E-state index >= 15 is 0 Å². The lowest BCUT2D eigenvalue weighted by molar-refractivity contribution is -0.0587. The van der Waals surface area contributed by atoms with Gasteiger partial charge in [0.15, 0.2) is 0 Å². The number of hydrogen-bond donors (Lipinski definition) is 0. The summed E-state index contributed by atoms with van der Waals surface area (Å²) in [6.07, 6.45) is -0.0164. The molecule has 2 unspecified atom stereocenters. The van der Waals surface area contributed by atoms with E-state index in [4.69, 9.17) is 4.74 Å². The quantitative estimate of drug-likeness (QED) is 0.855. The molecule has 1 amide bonds. The Morgan fingerprint density at radius 1 is 1.12 bits per heavy atom. The molecule has 1 aliphatic rings. The first kappa shape index (κ1) is 17.4. The van der Waals surface area contributed by atoms with E-state index in [0.717, 1.165) is 11.1 Å². The third-order valence-electron chi connectivity index (χ3n) is 4.25. The molecule has 0 N–H and O–H groups in total. The number of carbonyl (C=O) groups excluding carboxylic acids is 1. The Kier molecular flexibility index (Phi) is 4.99. The SMILES string of the molecule is Cc1ccc(Cn2nc(C(=O)N3CC(C)OC(C)C3)ccc2=O)cc1. The van der Waals surface area contributed by atoms with E-state index < -0.39 is 0 Å². The minimum Gasteiger partial charge on any atom is -0.372 e. The van der Waals surface area contributed by atoms with Crippen molar-refractivity contribution in [2.24, 2.45) is 0 Å². The zero-order valence-corrected chi connectivity index (χ0v) is 14.8. The fourth-order valence-corrected chi connectivity index (χ4v) is 3.05. The molecule has 25 heavy (non-hydrogen) atoms. The van der Waals surface area contributed by atoms with Crippen LogP contribution < -0.4 is 5.56 Å². The Bertz CT molecular complexity index is 803. The van der Waals surface area contributed by atoms with Crippen LogP contribution in [0, 0.1) is 6.92 Å². The highest BCUT2D eigenvalue weighted by molar-refractivity contribution is 5.92. The number of rotatable bonds is 3. The molecule has 0 radical (unpaired) electrons. The zero-order valence-electron chi connectivity index (χ0n) is 14.8. The minimum absolute atomic E-state index is 0.00818. The Morgan fingerprint density at radius 3 is 2.40 bits per heavy atom. The first-order valence-electron chi connectivity index (χ1n) is 8.51. The molecule has 1 aliphatic heterocycles. The van der Waals surface area contributed by atoms with Gasteiger partial charge in [-0.1, -0.05) is 29.8 Å². The van der Waals surface area contributed by atoms with Crippen molar-refractivity contribution in [1.82, 2.24) is 14.7 Å². The van der Waals surface area contributed by atoms with Crippen LogP contribution in [-0.2, 0) is 11.3 Å². The van der Waals surface area contributed by atoms with Crippen LogP contribution in [0.3, 0.4) is 0 Å². The van der Waals surface area contributed by atoms with Crippen LogP contribution in [0.4, 0.5) is 0 Å². The summed E-state index contributed by atoms with van der Waals surface area (Å²) in [5, 5.41) is 4.29. The Labute approximate surface area is 147 Å². The number of ether oxygens (including phenoxy) is 1. The highest BCUT2D eigenvalue weighted by atomic mass is 16.5. The van der Waals surface area contributed by atoms with Crippen molar-refractivity contribution in [3.8, 4) is 0 Å². The van der Waals surface area contributed by atoms with Gasteiger partial charge in [-0.25, -0.2) is 4.68 Å². The van der Waals surface area contributed by atoms with Crippen LogP contribution in [0.1, 0.15) is 35.5 Å². The van der Waals surface area contributed by atoms with E-state index in [1.165, 1.54) is 16.8 Å². The number of morpholine rings is 1. The number of benzene rings is 1. The lowest BCUT2D eigenvalue weighted by Crippen LogP contribution is -2.48. The Hall–Kier alpha value is -2.47. The smallest absolute Gasteiger partial charge is 0.274 e. The zero-order chi connectivity index (χ0) is 18.0. The van der Waals surface area contributed by atoms with Crippen LogP contribution in [0.2, 0.25) is 0 Å².